The number of pyridine rings is 2. The summed E-state index contributed by atoms with van der Waals surface area (Å²) in [6, 6.07) is 21.0. The monoisotopic (exact) mass is 448 g/mol. The van der Waals surface area contributed by atoms with Crippen LogP contribution in [0.4, 0.5) is 5.82 Å². The van der Waals surface area contributed by atoms with Crippen LogP contribution in [0.3, 0.4) is 0 Å². The molecule has 0 bridgehead atoms. The predicted octanol–water partition coefficient (Wildman–Crippen LogP) is 3.47. The fourth-order valence-electron chi connectivity index (χ4n) is 3.79. The van der Waals surface area contributed by atoms with Gasteiger partial charge in [-0.25, -0.2) is 14.2 Å². The van der Waals surface area contributed by atoms with Gasteiger partial charge in [-0.3, -0.25) is 4.79 Å². The van der Waals surface area contributed by atoms with Crippen LogP contribution in [0.1, 0.15) is 27.2 Å². The SMILES string of the molecule is Cc1cccc(-n2nc(NCc3ccccc3C#N)cc2-c2ccn3ncc(C(N)=O)c3c2)n1. The highest BCUT2D eigenvalue weighted by Crippen LogP contribution is 2.28. The van der Waals surface area contributed by atoms with Crippen LogP contribution < -0.4 is 11.1 Å². The highest BCUT2D eigenvalue weighted by atomic mass is 16.1. The van der Waals surface area contributed by atoms with E-state index in [1.807, 2.05) is 61.5 Å². The summed E-state index contributed by atoms with van der Waals surface area (Å²) in [5.41, 5.74) is 10.4. The van der Waals surface area contributed by atoms with Gasteiger partial charge in [-0.15, -0.1) is 5.10 Å². The number of hydrogen-bond acceptors (Lipinski definition) is 6. The fourth-order valence-corrected chi connectivity index (χ4v) is 3.79. The Kier molecular flexibility index (Phi) is 5.24. The number of amides is 1. The molecule has 4 heterocycles. The van der Waals surface area contributed by atoms with Gasteiger partial charge in [0.25, 0.3) is 5.91 Å². The molecule has 34 heavy (non-hydrogen) atoms. The first-order chi connectivity index (χ1) is 16.5. The van der Waals surface area contributed by atoms with E-state index < -0.39 is 5.91 Å². The van der Waals surface area contributed by atoms with Gasteiger partial charge in [0, 0.05) is 30.1 Å². The molecule has 0 aliphatic rings. The Labute approximate surface area is 195 Å². The molecular weight excluding hydrogens is 428 g/mol. The number of aromatic nitrogens is 5. The molecular formula is C25H20N8O. The van der Waals surface area contributed by atoms with Gasteiger partial charge in [-0.1, -0.05) is 24.3 Å². The van der Waals surface area contributed by atoms with E-state index in [0.717, 1.165) is 22.5 Å². The van der Waals surface area contributed by atoms with Crippen molar-refractivity contribution in [3.05, 3.63) is 95.4 Å². The highest BCUT2D eigenvalue weighted by Gasteiger charge is 2.16. The summed E-state index contributed by atoms with van der Waals surface area (Å²) in [5, 5.41) is 21.6. The lowest BCUT2D eigenvalue weighted by molar-refractivity contribution is 0.100. The van der Waals surface area contributed by atoms with E-state index in [9.17, 15) is 10.1 Å². The molecule has 0 spiro atoms. The molecule has 5 aromatic rings. The molecule has 1 amide bonds. The van der Waals surface area contributed by atoms with Crippen LogP contribution in [-0.4, -0.2) is 30.3 Å². The minimum Gasteiger partial charge on any atom is -0.365 e. The number of anilines is 1. The first-order valence-corrected chi connectivity index (χ1v) is 10.6. The van der Waals surface area contributed by atoms with Gasteiger partial charge in [0.1, 0.15) is 5.82 Å². The van der Waals surface area contributed by atoms with Crippen molar-refractivity contribution in [2.45, 2.75) is 13.5 Å². The number of nitrogens with one attached hydrogen (secondary N) is 1. The third-order valence-electron chi connectivity index (χ3n) is 5.48. The van der Waals surface area contributed by atoms with Crippen molar-refractivity contribution >= 4 is 17.2 Å². The smallest absolute Gasteiger partial charge is 0.252 e. The van der Waals surface area contributed by atoms with Gasteiger partial charge < -0.3 is 11.1 Å². The Morgan fingerprint density at radius 2 is 2.00 bits per heavy atom. The first-order valence-electron chi connectivity index (χ1n) is 10.6. The average molecular weight is 448 g/mol. The molecule has 3 N–H and O–H groups in total. The average Bonchev–Trinajstić information content (AvgIpc) is 3.47. The third kappa shape index (κ3) is 3.84. The highest BCUT2D eigenvalue weighted by molar-refractivity contribution is 6.00. The fraction of sp³-hybridized carbons (Fsp3) is 0.0800. The summed E-state index contributed by atoms with van der Waals surface area (Å²) < 4.78 is 3.35. The Morgan fingerprint density at radius 1 is 1.15 bits per heavy atom. The lowest BCUT2D eigenvalue weighted by Gasteiger charge is -2.08. The number of nitrogens with two attached hydrogens (primary N) is 1. The molecule has 1 aromatic carbocycles. The number of hydrogen-bond donors (Lipinski definition) is 2. The van der Waals surface area contributed by atoms with E-state index in [1.54, 1.807) is 21.5 Å². The molecule has 0 saturated heterocycles. The summed E-state index contributed by atoms with van der Waals surface area (Å²) in [5.74, 6) is 0.734. The number of rotatable bonds is 6. The van der Waals surface area contributed by atoms with Gasteiger partial charge in [0.05, 0.1) is 34.6 Å². The normalized spacial score (nSPS) is 10.8. The molecule has 9 heteroatoms. The summed E-state index contributed by atoms with van der Waals surface area (Å²) in [6.07, 6.45) is 3.23. The summed E-state index contributed by atoms with van der Waals surface area (Å²) in [6.45, 7) is 2.36. The summed E-state index contributed by atoms with van der Waals surface area (Å²) in [7, 11) is 0. The molecule has 0 saturated carbocycles. The van der Waals surface area contributed by atoms with Gasteiger partial charge >= 0.3 is 0 Å². The summed E-state index contributed by atoms with van der Waals surface area (Å²) >= 11 is 0. The molecule has 5 rings (SSSR count). The molecule has 0 fully saturated rings. The lowest BCUT2D eigenvalue weighted by Crippen LogP contribution is -2.10. The molecule has 0 unspecified atom stereocenters. The van der Waals surface area contributed by atoms with E-state index in [2.05, 4.69) is 21.5 Å². The maximum Gasteiger partial charge on any atom is 0.252 e. The van der Waals surface area contributed by atoms with Gasteiger partial charge in [-0.2, -0.15) is 10.4 Å². The number of benzene rings is 1. The van der Waals surface area contributed by atoms with E-state index in [-0.39, 0.29) is 0 Å². The second kappa shape index (κ2) is 8.52. The molecule has 0 radical (unpaired) electrons. The number of carbonyl (C=O) groups is 1. The maximum atomic E-state index is 11.8. The van der Waals surface area contributed by atoms with Crippen LogP contribution in [-0.2, 0) is 6.54 Å². The van der Waals surface area contributed by atoms with Gasteiger partial charge in [-0.05, 0) is 42.8 Å². The van der Waals surface area contributed by atoms with Crippen molar-refractivity contribution < 1.29 is 4.79 Å². The third-order valence-corrected chi connectivity index (χ3v) is 5.48. The Balaban J connectivity index is 1.59. The number of carbonyl (C=O) groups excluding carboxylic acids is 1. The molecule has 0 aliphatic heterocycles. The van der Waals surface area contributed by atoms with Gasteiger partial charge in [0.2, 0.25) is 0 Å². The first kappa shape index (κ1) is 20.9. The van der Waals surface area contributed by atoms with Crippen molar-refractivity contribution in [2.24, 2.45) is 5.73 Å². The van der Waals surface area contributed by atoms with Crippen LogP contribution >= 0.6 is 0 Å². The van der Waals surface area contributed by atoms with Crippen LogP contribution in [0.25, 0.3) is 22.6 Å². The van der Waals surface area contributed by atoms with E-state index in [4.69, 9.17) is 10.8 Å². The van der Waals surface area contributed by atoms with E-state index >= 15 is 0 Å². The zero-order valence-electron chi connectivity index (χ0n) is 18.3. The lowest BCUT2D eigenvalue weighted by atomic mass is 10.1. The van der Waals surface area contributed by atoms with Crippen molar-refractivity contribution in [2.75, 3.05) is 5.32 Å². The van der Waals surface area contributed by atoms with Crippen molar-refractivity contribution in [1.29, 1.82) is 5.26 Å². The molecule has 166 valence electrons. The van der Waals surface area contributed by atoms with E-state index in [1.165, 1.54) is 6.20 Å². The minimum absolute atomic E-state index is 0.341. The van der Waals surface area contributed by atoms with Crippen molar-refractivity contribution in [1.82, 2.24) is 24.4 Å². The Hall–Kier alpha value is -4.97. The number of primary amides is 1. The maximum absolute atomic E-state index is 11.8. The Morgan fingerprint density at radius 3 is 2.79 bits per heavy atom. The topological polar surface area (TPSA) is 127 Å². The second-order valence-corrected chi connectivity index (χ2v) is 7.75. The largest absolute Gasteiger partial charge is 0.365 e. The van der Waals surface area contributed by atoms with Gasteiger partial charge in [0.15, 0.2) is 5.82 Å². The molecule has 0 atom stereocenters. The zero-order chi connectivity index (χ0) is 23.7. The minimum atomic E-state index is -0.542. The van der Waals surface area contributed by atoms with Crippen LogP contribution in [0.15, 0.2) is 73.1 Å². The number of fused-ring (bicyclic) bond motifs is 1. The predicted molar refractivity (Wildman–Crippen MR) is 127 cm³/mol. The molecule has 4 aromatic heterocycles. The van der Waals surface area contributed by atoms with Crippen LogP contribution in [0, 0.1) is 18.3 Å². The second-order valence-electron chi connectivity index (χ2n) is 7.75. The quantitative estimate of drug-likeness (QED) is 0.409. The van der Waals surface area contributed by atoms with Crippen LogP contribution in [0.5, 0.6) is 0 Å². The number of aryl methyl sites for hydroxylation is 1. The van der Waals surface area contributed by atoms with Crippen molar-refractivity contribution in [3.8, 4) is 23.1 Å². The Bertz CT molecular complexity index is 1570. The van der Waals surface area contributed by atoms with Crippen LogP contribution in [0.2, 0.25) is 0 Å². The number of nitriles is 1. The standard InChI is InChI=1S/C25H20N8O/c1-16-5-4-8-24(30-16)33-21(17-9-10-32-22(11-17)20(15-29-32)25(27)34)12-23(31-33)28-14-19-7-3-2-6-18(19)13-26/h2-12,15H,14H2,1H3,(H2,27,34)(H,28,31). The number of nitrogens with zero attached hydrogens (tertiary/aromatic N) is 6. The summed E-state index contributed by atoms with van der Waals surface area (Å²) in [4.78, 5) is 16.5. The molecule has 0 aliphatic carbocycles. The van der Waals surface area contributed by atoms with E-state index in [0.29, 0.717) is 34.8 Å². The zero-order valence-corrected chi connectivity index (χ0v) is 18.3. The van der Waals surface area contributed by atoms with Crippen molar-refractivity contribution in [3.63, 3.8) is 0 Å². The molecule has 9 nitrogen and oxygen atoms in total.